The fourth-order valence-electron chi connectivity index (χ4n) is 1.13. The summed E-state index contributed by atoms with van der Waals surface area (Å²) in [5.74, 6) is -1.22. The van der Waals surface area contributed by atoms with Gasteiger partial charge in [-0.2, -0.15) is 0 Å². The first-order valence-electron chi connectivity index (χ1n) is 5.55. The van der Waals surface area contributed by atoms with Crippen LogP contribution >= 0.6 is 11.3 Å². The molecule has 0 aliphatic carbocycles. The summed E-state index contributed by atoms with van der Waals surface area (Å²) in [5.41, 5.74) is 0.0458. The van der Waals surface area contributed by atoms with Gasteiger partial charge >= 0.3 is 5.97 Å². The highest BCUT2D eigenvalue weighted by Gasteiger charge is 2.09. The van der Waals surface area contributed by atoms with Gasteiger partial charge in [0.05, 0.1) is 11.1 Å². The molecule has 0 atom stereocenters. The molecule has 18 heavy (non-hydrogen) atoms. The second kappa shape index (κ2) is 7.07. The van der Waals surface area contributed by atoms with E-state index in [1.807, 2.05) is 13.8 Å². The molecule has 1 rings (SSSR count). The first-order valence-corrected chi connectivity index (χ1v) is 6.43. The summed E-state index contributed by atoms with van der Waals surface area (Å²) in [5, 5.41) is 13.6. The molecule has 0 bridgehead atoms. The lowest BCUT2D eigenvalue weighted by atomic mass is 10.4. The standard InChI is InChI=1S/C11H16N2O4S/c1-7(2)17-5-9(14)12-4-3-10-13-8(6-18-10)11(15)16/h6-7H,3-5H2,1-2H3,(H,12,14)(H,15,16). The fraction of sp³-hybridized carbons (Fsp3) is 0.545. The number of carboxylic acids is 1. The molecule has 0 aliphatic rings. The van der Waals surface area contributed by atoms with Crippen molar-refractivity contribution in [3.63, 3.8) is 0 Å². The van der Waals surface area contributed by atoms with E-state index in [2.05, 4.69) is 10.3 Å². The first-order chi connectivity index (χ1) is 8.49. The van der Waals surface area contributed by atoms with Gasteiger partial charge in [-0.15, -0.1) is 11.3 Å². The van der Waals surface area contributed by atoms with Crippen molar-refractivity contribution in [3.8, 4) is 0 Å². The van der Waals surface area contributed by atoms with Gasteiger partial charge in [0.25, 0.3) is 0 Å². The third-order valence-corrected chi connectivity index (χ3v) is 2.89. The monoisotopic (exact) mass is 272 g/mol. The topological polar surface area (TPSA) is 88.5 Å². The highest BCUT2D eigenvalue weighted by molar-refractivity contribution is 7.09. The van der Waals surface area contributed by atoms with Gasteiger partial charge in [-0.25, -0.2) is 9.78 Å². The molecule has 0 saturated heterocycles. The van der Waals surface area contributed by atoms with Crippen molar-refractivity contribution in [3.05, 3.63) is 16.1 Å². The molecule has 1 aromatic heterocycles. The number of carbonyl (C=O) groups is 2. The van der Waals surface area contributed by atoms with Crippen LogP contribution in [0.15, 0.2) is 5.38 Å². The molecule has 1 heterocycles. The predicted octanol–water partition coefficient (Wildman–Crippen LogP) is 0.925. The Morgan fingerprint density at radius 1 is 1.56 bits per heavy atom. The highest BCUT2D eigenvalue weighted by atomic mass is 32.1. The van der Waals surface area contributed by atoms with Gasteiger partial charge in [0.15, 0.2) is 5.69 Å². The van der Waals surface area contributed by atoms with Gasteiger partial charge in [0, 0.05) is 18.3 Å². The van der Waals surface area contributed by atoms with Gasteiger partial charge < -0.3 is 15.2 Å². The molecule has 2 N–H and O–H groups in total. The van der Waals surface area contributed by atoms with Crippen LogP contribution in [0.4, 0.5) is 0 Å². The molecular formula is C11H16N2O4S. The number of hydrogen-bond acceptors (Lipinski definition) is 5. The summed E-state index contributed by atoms with van der Waals surface area (Å²) in [6, 6.07) is 0. The zero-order chi connectivity index (χ0) is 13.5. The Morgan fingerprint density at radius 3 is 2.83 bits per heavy atom. The van der Waals surface area contributed by atoms with Gasteiger partial charge in [0.1, 0.15) is 6.61 Å². The molecule has 0 unspecified atom stereocenters. The minimum atomic E-state index is -1.04. The van der Waals surface area contributed by atoms with Crippen LogP contribution in [0.2, 0.25) is 0 Å². The van der Waals surface area contributed by atoms with E-state index in [4.69, 9.17) is 9.84 Å². The van der Waals surface area contributed by atoms with E-state index in [0.717, 1.165) is 0 Å². The molecule has 0 radical (unpaired) electrons. The molecule has 1 aromatic rings. The normalized spacial score (nSPS) is 10.6. The summed E-state index contributed by atoms with van der Waals surface area (Å²) in [6.07, 6.45) is 0.540. The summed E-state index contributed by atoms with van der Waals surface area (Å²) in [7, 11) is 0. The number of aromatic nitrogens is 1. The molecule has 7 heteroatoms. The molecular weight excluding hydrogens is 256 g/mol. The number of nitrogens with one attached hydrogen (secondary N) is 1. The van der Waals surface area contributed by atoms with Gasteiger partial charge in [-0.3, -0.25) is 4.79 Å². The molecule has 0 saturated carbocycles. The van der Waals surface area contributed by atoms with Crippen LogP contribution in [0.3, 0.4) is 0 Å². The van der Waals surface area contributed by atoms with Crippen molar-refractivity contribution in [1.82, 2.24) is 10.3 Å². The largest absolute Gasteiger partial charge is 0.476 e. The minimum absolute atomic E-state index is 0.0211. The van der Waals surface area contributed by atoms with E-state index in [9.17, 15) is 9.59 Å². The van der Waals surface area contributed by atoms with E-state index in [1.165, 1.54) is 16.7 Å². The van der Waals surface area contributed by atoms with Crippen LogP contribution < -0.4 is 5.32 Å². The third kappa shape index (κ3) is 5.24. The van der Waals surface area contributed by atoms with Crippen LogP contribution in [0.25, 0.3) is 0 Å². The average molecular weight is 272 g/mol. The summed E-state index contributed by atoms with van der Waals surface area (Å²) in [6.45, 7) is 4.18. The Labute approximate surface area is 109 Å². The van der Waals surface area contributed by atoms with Crippen molar-refractivity contribution in [2.75, 3.05) is 13.2 Å². The van der Waals surface area contributed by atoms with E-state index >= 15 is 0 Å². The summed E-state index contributed by atoms with van der Waals surface area (Å²) < 4.78 is 5.14. The minimum Gasteiger partial charge on any atom is -0.476 e. The van der Waals surface area contributed by atoms with Crippen LogP contribution in [-0.4, -0.2) is 41.2 Å². The van der Waals surface area contributed by atoms with Crippen molar-refractivity contribution >= 4 is 23.2 Å². The Hall–Kier alpha value is -1.47. The summed E-state index contributed by atoms with van der Waals surface area (Å²) >= 11 is 1.27. The maximum Gasteiger partial charge on any atom is 0.355 e. The fourth-order valence-corrected chi connectivity index (χ4v) is 1.90. The Bertz CT molecular complexity index is 417. The molecule has 1 amide bonds. The van der Waals surface area contributed by atoms with E-state index in [1.54, 1.807) is 0 Å². The number of aromatic carboxylic acids is 1. The highest BCUT2D eigenvalue weighted by Crippen LogP contribution is 2.09. The molecule has 100 valence electrons. The number of carboxylic acid groups (broad SMARTS) is 1. The lowest BCUT2D eigenvalue weighted by Crippen LogP contribution is -2.30. The van der Waals surface area contributed by atoms with Crippen molar-refractivity contribution in [2.45, 2.75) is 26.4 Å². The zero-order valence-corrected chi connectivity index (χ0v) is 11.1. The number of nitrogens with zero attached hydrogens (tertiary/aromatic N) is 1. The molecule has 0 aliphatic heterocycles. The maximum absolute atomic E-state index is 11.3. The van der Waals surface area contributed by atoms with Crippen LogP contribution in [0.1, 0.15) is 29.3 Å². The number of hydrogen-bond donors (Lipinski definition) is 2. The zero-order valence-electron chi connectivity index (χ0n) is 10.3. The number of ether oxygens (including phenoxy) is 1. The second-order valence-corrected chi connectivity index (χ2v) is 4.83. The third-order valence-electron chi connectivity index (χ3n) is 1.98. The first kappa shape index (κ1) is 14.6. The van der Waals surface area contributed by atoms with Crippen molar-refractivity contribution < 1.29 is 19.4 Å². The van der Waals surface area contributed by atoms with Crippen molar-refractivity contribution in [2.24, 2.45) is 0 Å². The van der Waals surface area contributed by atoms with Crippen molar-refractivity contribution in [1.29, 1.82) is 0 Å². The van der Waals surface area contributed by atoms with E-state index < -0.39 is 5.97 Å². The SMILES string of the molecule is CC(C)OCC(=O)NCCc1nc(C(=O)O)cs1. The summed E-state index contributed by atoms with van der Waals surface area (Å²) in [4.78, 5) is 25.8. The van der Waals surface area contributed by atoms with E-state index in [-0.39, 0.29) is 24.3 Å². The number of rotatable bonds is 7. The van der Waals surface area contributed by atoms with Gasteiger partial charge in [0.2, 0.25) is 5.91 Å². The van der Waals surface area contributed by atoms with Crippen LogP contribution in [0, 0.1) is 0 Å². The van der Waals surface area contributed by atoms with Gasteiger partial charge in [-0.1, -0.05) is 0 Å². The maximum atomic E-state index is 11.3. The second-order valence-electron chi connectivity index (χ2n) is 3.89. The van der Waals surface area contributed by atoms with E-state index in [0.29, 0.717) is 18.0 Å². The molecule has 0 aromatic carbocycles. The Kier molecular flexibility index (Phi) is 5.73. The number of amides is 1. The lowest BCUT2D eigenvalue weighted by molar-refractivity contribution is -0.127. The quantitative estimate of drug-likeness (QED) is 0.770. The number of carbonyl (C=O) groups excluding carboxylic acids is 1. The Balaban J connectivity index is 2.24. The molecule has 0 fully saturated rings. The lowest BCUT2D eigenvalue weighted by Gasteiger charge is -2.07. The van der Waals surface area contributed by atoms with Gasteiger partial charge in [-0.05, 0) is 13.8 Å². The number of thiazole rings is 1. The molecule has 0 spiro atoms. The van der Waals surface area contributed by atoms with Crippen LogP contribution in [0.5, 0.6) is 0 Å². The predicted molar refractivity (Wildman–Crippen MR) is 66.9 cm³/mol. The Morgan fingerprint density at radius 2 is 2.28 bits per heavy atom. The molecule has 6 nitrogen and oxygen atoms in total. The smallest absolute Gasteiger partial charge is 0.355 e. The van der Waals surface area contributed by atoms with Crippen LogP contribution in [-0.2, 0) is 16.0 Å². The average Bonchev–Trinajstić information content (AvgIpc) is 2.75.